The number of morpholine rings is 1. The molecule has 0 radical (unpaired) electrons. The molecule has 0 amide bonds. The van der Waals surface area contributed by atoms with Crippen LogP contribution < -0.4 is 12.4 Å². The second-order valence-corrected chi connectivity index (χ2v) is 2.28. The van der Waals surface area contributed by atoms with Gasteiger partial charge in [-0.1, -0.05) is 0 Å². The molecule has 0 aromatic heterocycles. The number of carboxylic acid groups (broad SMARTS) is 1. The molecule has 1 fully saturated rings. The zero-order valence-electron chi connectivity index (χ0n) is 7.12. The number of carboxylic acids is 1. The Balaban J connectivity index is 0. The van der Waals surface area contributed by atoms with Crippen LogP contribution in [0.1, 0.15) is 1.43 Å². The Morgan fingerprint density at radius 2 is 2.09 bits per heavy atom. The van der Waals surface area contributed by atoms with Gasteiger partial charge in [-0.2, -0.15) is 0 Å². The van der Waals surface area contributed by atoms with Crippen LogP contribution in [0.5, 0.6) is 0 Å². The summed E-state index contributed by atoms with van der Waals surface area (Å²) in [5.74, 6) is -0.762. The Morgan fingerprint density at radius 3 is 2.55 bits per heavy atom. The van der Waals surface area contributed by atoms with Gasteiger partial charge < -0.3 is 22.3 Å². The smallest absolute Gasteiger partial charge is 1.00 e. The molecule has 1 rings (SSSR count). The molecule has 0 atom stereocenters. The third-order valence-electron chi connectivity index (χ3n) is 1.46. The molecule has 11 heavy (non-hydrogen) atoms. The lowest BCUT2D eigenvalue weighted by molar-refractivity contribution is -0.139. The van der Waals surface area contributed by atoms with E-state index >= 15 is 0 Å². The number of hydrogen-bond donors (Lipinski definition) is 1. The maximum absolute atomic E-state index is 10.2. The second kappa shape index (κ2) is 5.35. The average molecular weight is 182 g/mol. The molecule has 0 bridgehead atoms. The van der Waals surface area contributed by atoms with Crippen LogP contribution in [0.2, 0.25) is 0 Å². The topological polar surface area (TPSA) is 49.8 Å². The fourth-order valence-corrected chi connectivity index (χ4v) is 0.951. The molecular weight excluding hydrogens is 170 g/mol. The van der Waals surface area contributed by atoms with Gasteiger partial charge in [0.1, 0.15) is 0 Å². The number of nitrogens with zero attached hydrogens (tertiary/aromatic N) is 1. The summed E-state index contributed by atoms with van der Waals surface area (Å²) in [5.41, 5.74) is 0. The lowest BCUT2D eigenvalue weighted by Gasteiger charge is -2.24. The average Bonchev–Trinajstić information content (AvgIpc) is 1.88. The minimum Gasteiger partial charge on any atom is -1.00 e. The highest BCUT2D eigenvalue weighted by Gasteiger charge is 2.12. The number of ether oxygens (including phenoxy) is 1. The molecule has 5 heteroatoms. The van der Waals surface area contributed by atoms with Gasteiger partial charge in [0, 0.05) is 13.1 Å². The highest BCUT2D eigenvalue weighted by atomic mass is 35.5. The Kier molecular flexibility index (Phi) is 5.19. The maximum atomic E-state index is 10.2. The predicted octanol–water partition coefficient (Wildman–Crippen LogP) is -3.48. The van der Waals surface area contributed by atoms with Gasteiger partial charge in [-0.3, -0.25) is 9.69 Å². The Bertz CT molecular complexity index is 130. The predicted molar refractivity (Wildman–Crippen MR) is 36.0 cm³/mol. The molecule has 0 saturated carbocycles. The first-order valence-electron chi connectivity index (χ1n) is 3.31. The van der Waals surface area contributed by atoms with Crippen molar-refractivity contribution in [2.45, 2.75) is 0 Å². The lowest BCUT2D eigenvalue weighted by atomic mass is 10.4. The zero-order valence-corrected chi connectivity index (χ0v) is 6.88. The molecule has 0 spiro atoms. The lowest BCUT2D eigenvalue weighted by Crippen LogP contribution is -3.00. The van der Waals surface area contributed by atoms with E-state index in [4.69, 9.17) is 9.84 Å². The number of hydrogen-bond acceptors (Lipinski definition) is 3. The molecule has 0 aromatic carbocycles. The largest absolute Gasteiger partial charge is 1.00 e. The van der Waals surface area contributed by atoms with Crippen molar-refractivity contribution in [1.82, 2.24) is 4.90 Å². The summed E-state index contributed by atoms with van der Waals surface area (Å²) in [4.78, 5) is 12.1. The molecular formula is C6H12ClNO3. The molecule has 0 unspecified atom stereocenters. The fourth-order valence-electron chi connectivity index (χ4n) is 0.951. The zero-order chi connectivity index (χ0) is 7.40. The Morgan fingerprint density at radius 1 is 1.55 bits per heavy atom. The van der Waals surface area contributed by atoms with E-state index in [0.717, 1.165) is 13.1 Å². The third-order valence-corrected chi connectivity index (χ3v) is 1.46. The van der Waals surface area contributed by atoms with E-state index in [2.05, 4.69) is 0 Å². The van der Waals surface area contributed by atoms with Gasteiger partial charge in [0.15, 0.2) is 0 Å². The third kappa shape index (κ3) is 4.19. The van der Waals surface area contributed by atoms with Crippen molar-refractivity contribution >= 4 is 5.97 Å². The standard InChI is InChI=1S/C6H11NO3.ClH/c8-6(9)5-7-1-3-10-4-2-7;/h1-5H2,(H,8,9);1H. The molecule has 66 valence electrons. The van der Waals surface area contributed by atoms with Crippen LogP contribution >= 0.6 is 0 Å². The van der Waals surface area contributed by atoms with E-state index in [9.17, 15) is 4.79 Å². The first kappa shape index (κ1) is 10.7. The van der Waals surface area contributed by atoms with Crippen molar-refractivity contribution in [3.05, 3.63) is 0 Å². The summed E-state index contributed by atoms with van der Waals surface area (Å²) in [5, 5.41) is 8.38. The van der Waals surface area contributed by atoms with Crippen molar-refractivity contribution in [2.24, 2.45) is 0 Å². The van der Waals surface area contributed by atoms with E-state index in [-0.39, 0.29) is 20.4 Å². The molecule has 1 N–H and O–H groups in total. The summed E-state index contributed by atoms with van der Waals surface area (Å²) in [7, 11) is 0. The van der Waals surface area contributed by atoms with E-state index in [1.807, 2.05) is 4.90 Å². The fraction of sp³-hybridized carbons (Fsp3) is 0.833. The summed E-state index contributed by atoms with van der Waals surface area (Å²) >= 11 is 0. The normalized spacial score (nSPS) is 18.9. The SMILES string of the molecule is O=C(O)CN1CCOCC1.[Cl-].[H+]. The summed E-state index contributed by atoms with van der Waals surface area (Å²) < 4.78 is 5.05. The van der Waals surface area contributed by atoms with Crippen LogP contribution in [-0.4, -0.2) is 48.8 Å². The van der Waals surface area contributed by atoms with Gasteiger partial charge in [-0.15, -0.1) is 0 Å². The van der Waals surface area contributed by atoms with Crippen LogP contribution in [0, 0.1) is 0 Å². The van der Waals surface area contributed by atoms with E-state index in [1.165, 1.54) is 0 Å². The monoisotopic (exact) mass is 181 g/mol. The Labute approximate surface area is 73.0 Å². The molecule has 1 saturated heterocycles. The molecule has 1 heterocycles. The van der Waals surface area contributed by atoms with Gasteiger partial charge in [0.2, 0.25) is 0 Å². The van der Waals surface area contributed by atoms with Crippen LogP contribution in [0.15, 0.2) is 0 Å². The van der Waals surface area contributed by atoms with Crippen LogP contribution in [-0.2, 0) is 9.53 Å². The number of aliphatic carboxylic acids is 1. The molecule has 1 aliphatic heterocycles. The molecule has 0 aliphatic carbocycles. The minimum absolute atomic E-state index is 0. The summed E-state index contributed by atoms with van der Waals surface area (Å²) in [6.45, 7) is 2.95. The van der Waals surface area contributed by atoms with Gasteiger partial charge in [-0.05, 0) is 0 Å². The maximum Gasteiger partial charge on any atom is 1.00 e. The molecule has 1 aliphatic rings. The van der Waals surface area contributed by atoms with Crippen molar-refractivity contribution in [3.8, 4) is 0 Å². The van der Waals surface area contributed by atoms with E-state index in [0.29, 0.717) is 13.2 Å². The van der Waals surface area contributed by atoms with Crippen molar-refractivity contribution in [1.29, 1.82) is 0 Å². The van der Waals surface area contributed by atoms with Gasteiger partial charge in [0.05, 0.1) is 19.8 Å². The van der Waals surface area contributed by atoms with Crippen molar-refractivity contribution in [3.63, 3.8) is 0 Å². The molecule has 4 nitrogen and oxygen atoms in total. The quantitative estimate of drug-likeness (QED) is 0.481. The van der Waals surface area contributed by atoms with Gasteiger partial charge >= 0.3 is 7.40 Å². The van der Waals surface area contributed by atoms with Crippen LogP contribution in [0.4, 0.5) is 0 Å². The number of halogens is 1. The van der Waals surface area contributed by atoms with Crippen molar-refractivity contribution < 1.29 is 28.5 Å². The highest BCUT2D eigenvalue weighted by molar-refractivity contribution is 5.69. The van der Waals surface area contributed by atoms with E-state index < -0.39 is 5.97 Å². The summed E-state index contributed by atoms with van der Waals surface area (Å²) in [6, 6.07) is 0. The number of carbonyl (C=O) groups is 1. The number of rotatable bonds is 2. The first-order valence-corrected chi connectivity index (χ1v) is 3.31. The first-order chi connectivity index (χ1) is 4.79. The van der Waals surface area contributed by atoms with Gasteiger partial charge in [0.25, 0.3) is 0 Å². The highest BCUT2D eigenvalue weighted by Crippen LogP contribution is 1.94. The Hall–Kier alpha value is -0.320. The van der Waals surface area contributed by atoms with Gasteiger partial charge in [-0.25, -0.2) is 0 Å². The van der Waals surface area contributed by atoms with E-state index in [1.54, 1.807) is 0 Å². The van der Waals surface area contributed by atoms with Crippen LogP contribution in [0.25, 0.3) is 0 Å². The summed E-state index contributed by atoms with van der Waals surface area (Å²) in [6.07, 6.45) is 0. The van der Waals surface area contributed by atoms with Crippen LogP contribution in [0.3, 0.4) is 0 Å². The van der Waals surface area contributed by atoms with Crippen molar-refractivity contribution in [2.75, 3.05) is 32.8 Å². The minimum atomic E-state index is -0.762. The molecule has 0 aromatic rings. The second-order valence-electron chi connectivity index (χ2n) is 2.28.